The Hall–Kier alpha value is -3.94. The third-order valence-electron chi connectivity index (χ3n) is 5.12. The highest BCUT2D eigenvalue weighted by atomic mass is 19.3. The Balaban J connectivity index is 2.03. The van der Waals surface area contributed by atoms with Crippen LogP contribution in [-0.4, -0.2) is 30.6 Å². The number of methoxy groups -OCH3 is 1. The van der Waals surface area contributed by atoms with Crippen LogP contribution in [0.5, 0.6) is 11.5 Å². The summed E-state index contributed by atoms with van der Waals surface area (Å²) in [5.41, 5.74) is -0.855. The van der Waals surface area contributed by atoms with Crippen molar-refractivity contribution in [3.8, 4) is 17.6 Å². The fourth-order valence-electron chi connectivity index (χ4n) is 3.12. The van der Waals surface area contributed by atoms with Crippen molar-refractivity contribution in [1.82, 2.24) is 5.32 Å². The van der Waals surface area contributed by atoms with E-state index < -0.39 is 28.6 Å². The first kappa shape index (κ1) is 23.7. The highest BCUT2D eigenvalue weighted by Gasteiger charge is 2.29. The number of ether oxygens (including phenoxy) is 2. The lowest BCUT2D eigenvalue weighted by molar-refractivity contribution is -0.384. The lowest BCUT2D eigenvalue weighted by Gasteiger charge is -2.18. The summed E-state index contributed by atoms with van der Waals surface area (Å²) in [7, 11) is 1.26. The van der Waals surface area contributed by atoms with Crippen LogP contribution in [0.2, 0.25) is 0 Å². The summed E-state index contributed by atoms with van der Waals surface area (Å²) >= 11 is 0. The van der Waals surface area contributed by atoms with E-state index >= 15 is 0 Å². The lowest BCUT2D eigenvalue weighted by Crippen LogP contribution is -2.26. The highest BCUT2D eigenvalue weighted by Crippen LogP contribution is 2.38. The van der Waals surface area contributed by atoms with Crippen LogP contribution in [0.3, 0.4) is 0 Å². The Labute approximate surface area is 188 Å². The van der Waals surface area contributed by atoms with Crippen molar-refractivity contribution in [2.45, 2.75) is 44.8 Å². The second-order valence-corrected chi connectivity index (χ2v) is 8.03. The number of nitrogens with zero attached hydrogens (tertiary/aromatic N) is 2. The summed E-state index contributed by atoms with van der Waals surface area (Å²) in [4.78, 5) is 23.6. The molecule has 1 aliphatic carbocycles. The van der Waals surface area contributed by atoms with E-state index in [9.17, 15) is 29.0 Å². The van der Waals surface area contributed by atoms with E-state index in [-0.39, 0.29) is 34.4 Å². The minimum atomic E-state index is -3.21. The van der Waals surface area contributed by atoms with Crippen LogP contribution in [0.15, 0.2) is 30.3 Å². The van der Waals surface area contributed by atoms with Gasteiger partial charge >= 0.3 is 6.61 Å². The second kappa shape index (κ2) is 9.28. The molecule has 174 valence electrons. The number of rotatable bonds is 9. The van der Waals surface area contributed by atoms with Crippen molar-refractivity contribution in [3.63, 3.8) is 0 Å². The van der Waals surface area contributed by atoms with Gasteiger partial charge in [-0.3, -0.25) is 14.9 Å². The quantitative estimate of drug-likeness (QED) is 0.412. The molecule has 1 saturated carbocycles. The van der Waals surface area contributed by atoms with Gasteiger partial charge in [-0.2, -0.15) is 14.0 Å². The fourth-order valence-corrected chi connectivity index (χ4v) is 3.12. The number of nitro groups is 1. The maximum Gasteiger partial charge on any atom is 0.387 e. The van der Waals surface area contributed by atoms with Crippen LogP contribution in [0.4, 0.5) is 25.8 Å². The molecule has 0 spiro atoms. The number of carbonyl (C=O) groups is 1. The highest BCUT2D eigenvalue weighted by molar-refractivity contribution is 6.01. The van der Waals surface area contributed by atoms with Crippen molar-refractivity contribution < 1.29 is 28.0 Å². The summed E-state index contributed by atoms with van der Waals surface area (Å²) in [6.45, 7) is 0.0477. The normalized spacial score (nSPS) is 13.2. The molecule has 33 heavy (non-hydrogen) atoms. The minimum Gasteiger partial charge on any atom is -0.496 e. The van der Waals surface area contributed by atoms with E-state index in [2.05, 4.69) is 21.4 Å². The monoisotopic (exact) mass is 460 g/mol. The summed E-state index contributed by atoms with van der Waals surface area (Å²) < 4.78 is 35.9. The van der Waals surface area contributed by atoms with Crippen LogP contribution < -0.4 is 20.1 Å². The molecule has 0 radical (unpaired) electrons. The predicted molar refractivity (Wildman–Crippen MR) is 115 cm³/mol. The van der Waals surface area contributed by atoms with Gasteiger partial charge in [-0.05, 0) is 38.3 Å². The van der Waals surface area contributed by atoms with Crippen LogP contribution >= 0.6 is 0 Å². The molecule has 1 amide bonds. The Morgan fingerprint density at radius 2 is 1.94 bits per heavy atom. The molecular formula is C22H22F2N4O5. The third-order valence-corrected chi connectivity index (χ3v) is 5.12. The van der Waals surface area contributed by atoms with Gasteiger partial charge in [0, 0.05) is 29.9 Å². The fraction of sp³-hybridized carbons (Fsp3) is 0.364. The van der Waals surface area contributed by atoms with Crippen LogP contribution in [0, 0.1) is 21.4 Å². The van der Waals surface area contributed by atoms with Crippen LogP contribution in [0.25, 0.3) is 0 Å². The largest absolute Gasteiger partial charge is 0.496 e. The third kappa shape index (κ3) is 5.46. The van der Waals surface area contributed by atoms with E-state index in [4.69, 9.17) is 4.74 Å². The number of hydrogen-bond donors (Lipinski definition) is 2. The molecule has 0 atom stereocenters. The van der Waals surface area contributed by atoms with E-state index in [0.29, 0.717) is 5.56 Å². The average molecular weight is 460 g/mol. The number of anilines is 2. The first-order valence-corrected chi connectivity index (χ1v) is 10.0. The van der Waals surface area contributed by atoms with Gasteiger partial charge in [-0.25, -0.2) is 0 Å². The van der Waals surface area contributed by atoms with E-state index in [1.165, 1.54) is 25.3 Å². The Morgan fingerprint density at radius 1 is 1.27 bits per heavy atom. The number of nitro benzene ring substituents is 1. The number of hydrogen-bond acceptors (Lipinski definition) is 7. The summed E-state index contributed by atoms with van der Waals surface area (Å²) in [5.74, 6) is -1.10. The molecular weight excluding hydrogens is 438 g/mol. The van der Waals surface area contributed by atoms with Crippen LogP contribution in [0.1, 0.15) is 42.6 Å². The topological polar surface area (TPSA) is 127 Å². The van der Waals surface area contributed by atoms with Gasteiger partial charge in [0.15, 0.2) is 0 Å². The minimum absolute atomic E-state index is 0.0294. The molecule has 0 unspecified atom stereocenters. The molecule has 3 rings (SSSR count). The molecule has 9 nitrogen and oxygen atoms in total. The predicted octanol–water partition coefficient (Wildman–Crippen LogP) is 4.64. The first-order chi connectivity index (χ1) is 15.6. The molecule has 1 fully saturated rings. The van der Waals surface area contributed by atoms with E-state index in [0.717, 1.165) is 18.9 Å². The molecule has 1 aliphatic rings. The standard InChI is InChI=1S/C22H22F2N4O5/c1-22(2,11-25)12-4-7-15(16(8-12)28(30)31)26-14-9-17(32-3)19(18(10-14)33-21(23)24)20(29)27-13-5-6-13/h4,7-10,13,21,26H,5-6H2,1-3H3,(H,27,29). The van der Waals surface area contributed by atoms with Gasteiger partial charge in [0.25, 0.3) is 11.6 Å². The molecule has 11 heteroatoms. The van der Waals surface area contributed by atoms with Gasteiger partial charge in [-0.15, -0.1) is 0 Å². The second-order valence-electron chi connectivity index (χ2n) is 8.03. The number of benzene rings is 2. The summed E-state index contributed by atoms with van der Waals surface area (Å²) in [6, 6.07) is 8.81. The average Bonchev–Trinajstić information content (AvgIpc) is 3.56. The first-order valence-electron chi connectivity index (χ1n) is 10.0. The molecule has 0 bridgehead atoms. The molecule has 0 heterocycles. The lowest BCUT2D eigenvalue weighted by atomic mass is 9.86. The smallest absolute Gasteiger partial charge is 0.387 e. The SMILES string of the molecule is COc1cc(Nc2ccc(C(C)(C)C#N)cc2[N+](=O)[O-])cc(OC(F)F)c1C(=O)NC1CC1. The maximum atomic E-state index is 13.1. The van der Waals surface area contributed by atoms with Crippen molar-refractivity contribution in [2.24, 2.45) is 0 Å². The molecule has 0 aliphatic heterocycles. The number of halogens is 2. The Morgan fingerprint density at radius 3 is 2.48 bits per heavy atom. The van der Waals surface area contributed by atoms with Gasteiger partial charge < -0.3 is 20.1 Å². The molecule has 2 aromatic carbocycles. The van der Waals surface area contributed by atoms with Crippen molar-refractivity contribution >= 4 is 23.0 Å². The molecule has 0 saturated heterocycles. The van der Waals surface area contributed by atoms with Crippen molar-refractivity contribution in [2.75, 3.05) is 12.4 Å². The van der Waals surface area contributed by atoms with Crippen molar-refractivity contribution in [1.29, 1.82) is 5.26 Å². The molecule has 2 aromatic rings. The Kier molecular flexibility index (Phi) is 6.67. The van der Waals surface area contributed by atoms with E-state index in [1.807, 2.05) is 0 Å². The maximum absolute atomic E-state index is 13.1. The van der Waals surface area contributed by atoms with E-state index in [1.54, 1.807) is 19.9 Å². The summed E-state index contributed by atoms with van der Waals surface area (Å²) in [5, 5.41) is 26.5. The number of carbonyl (C=O) groups excluding carboxylic acids is 1. The zero-order valence-corrected chi connectivity index (χ0v) is 18.1. The van der Waals surface area contributed by atoms with Crippen molar-refractivity contribution in [3.05, 3.63) is 51.6 Å². The van der Waals surface area contributed by atoms with Gasteiger partial charge in [-0.1, -0.05) is 6.07 Å². The number of nitriles is 1. The zero-order chi connectivity index (χ0) is 24.3. The number of alkyl halides is 2. The van der Waals surface area contributed by atoms with Gasteiger partial charge in [0.1, 0.15) is 22.7 Å². The zero-order valence-electron chi connectivity index (χ0n) is 18.1. The molecule has 2 N–H and O–H groups in total. The Bertz CT molecular complexity index is 1130. The summed E-state index contributed by atoms with van der Waals surface area (Å²) in [6.07, 6.45) is 1.59. The number of amides is 1. The number of nitrogens with one attached hydrogen (secondary N) is 2. The molecule has 0 aromatic heterocycles. The van der Waals surface area contributed by atoms with Gasteiger partial charge in [0.05, 0.1) is 23.5 Å². The van der Waals surface area contributed by atoms with Gasteiger partial charge in [0.2, 0.25) is 0 Å². The van der Waals surface area contributed by atoms with Crippen LogP contribution in [-0.2, 0) is 5.41 Å².